The van der Waals surface area contributed by atoms with Crippen molar-refractivity contribution in [2.75, 3.05) is 19.4 Å². The van der Waals surface area contributed by atoms with E-state index >= 15 is 0 Å². The summed E-state index contributed by atoms with van der Waals surface area (Å²) in [5.74, 6) is 1.05. The van der Waals surface area contributed by atoms with Crippen LogP contribution < -0.4 is 43.5 Å². The van der Waals surface area contributed by atoms with Crippen LogP contribution in [-0.4, -0.2) is 98.1 Å². The number of methoxy groups -OCH3 is 1. The van der Waals surface area contributed by atoms with Crippen LogP contribution >= 0.6 is 27.2 Å². The topological polar surface area (TPSA) is 190 Å². The second kappa shape index (κ2) is 41.5. The fourth-order valence-corrected chi connectivity index (χ4v) is 16.0. The number of benzene rings is 6. The molecule has 0 atom stereocenters. The van der Waals surface area contributed by atoms with Gasteiger partial charge in [-0.05, 0) is 101 Å². The molecule has 0 saturated heterocycles. The Balaban J connectivity index is 0.000000192. The molecule has 0 saturated carbocycles. The molecule has 9 heterocycles. The molecule has 0 aliphatic rings. The maximum absolute atomic E-state index is 13.4. The third-order valence-electron chi connectivity index (χ3n) is 13.8. The number of thiazole rings is 1. The summed E-state index contributed by atoms with van der Waals surface area (Å²) in [5.41, 5.74) is 7.33. The van der Waals surface area contributed by atoms with Gasteiger partial charge >= 0.3 is 0 Å². The summed E-state index contributed by atoms with van der Waals surface area (Å²) in [6, 6.07) is 76.4. The summed E-state index contributed by atoms with van der Waals surface area (Å²) in [6.45, 7) is 0. The Morgan fingerprint density at radius 2 is 1.08 bits per heavy atom. The minimum Gasteiger partial charge on any atom is -1.00 e. The second-order valence-corrected chi connectivity index (χ2v) is 26.5. The summed E-state index contributed by atoms with van der Waals surface area (Å²) in [4.78, 5) is 24.6. The first-order valence-electron chi connectivity index (χ1n) is 29.6. The van der Waals surface area contributed by atoms with Crippen molar-refractivity contribution >= 4 is 48.4 Å². The van der Waals surface area contributed by atoms with E-state index in [9.17, 15) is 8.78 Å². The maximum atomic E-state index is 13.4. The van der Waals surface area contributed by atoms with E-state index in [4.69, 9.17) is 4.74 Å². The molecule has 0 amide bonds. The molecule has 6 aromatic carbocycles. The molecule has 99 heavy (non-hydrogen) atoms. The van der Waals surface area contributed by atoms with Crippen LogP contribution in [0.25, 0.3) is 62.8 Å². The third-order valence-corrected chi connectivity index (χ3v) is 20.5. The first-order chi connectivity index (χ1) is 46.5. The van der Waals surface area contributed by atoms with Crippen LogP contribution in [0.2, 0.25) is 0 Å². The summed E-state index contributed by atoms with van der Waals surface area (Å²) in [6.07, 6.45) is 17.7. The number of halogens is 3. The van der Waals surface area contributed by atoms with Gasteiger partial charge < -0.3 is 57.5 Å². The van der Waals surface area contributed by atoms with Gasteiger partial charge in [0.05, 0.1) is 67.5 Å². The minimum atomic E-state index is -0.783. The molecule has 27 heteroatoms. The smallest absolute Gasteiger partial charge is 0.138 e. The molecule has 0 aliphatic heterocycles. The average Bonchev–Trinajstić information content (AvgIpc) is 1.80. The van der Waals surface area contributed by atoms with Crippen molar-refractivity contribution in [2.24, 2.45) is 28.2 Å². The van der Waals surface area contributed by atoms with E-state index in [2.05, 4.69) is 206 Å². The van der Waals surface area contributed by atoms with Crippen LogP contribution in [-0.2, 0) is 88.5 Å². The van der Waals surface area contributed by atoms with Crippen LogP contribution in [0.15, 0.2) is 261 Å². The Kier molecular flexibility index (Phi) is 33.2. The molecule has 511 valence electrons. The van der Waals surface area contributed by atoms with Crippen molar-refractivity contribution in [3.8, 4) is 68.5 Å². The summed E-state index contributed by atoms with van der Waals surface area (Å²) < 4.78 is 39.6. The predicted molar refractivity (Wildman–Crippen MR) is 374 cm³/mol. The van der Waals surface area contributed by atoms with Crippen LogP contribution in [0, 0.1) is 35.9 Å². The number of ether oxygens (including phenoxy) is 1. The molecular weight excluding hydrogens is 1860 g/mol. The summed E-state index contributed by atoms with van der Waals surface area (Å²) >= 11 is 1.56. The molecule has 15 rings (SSSR count). The van der Waals surface area contributed by atoms with Gasteiger partial charge in [-0.3, -0.25) is 28.2 Å². The number of rotatable bonds is 14. The number of hydrogen-bond acceptors (Lipinski definition) is 13. The van der Waals surface area contributed by atoms with Gasteiger partial charge in [0, 0.05) is 113 Å². The van der Waals surface area contributed by atoms with Crippen LogP contribution in [0.1, 0.15) is 0 Å². The monoisotopic (exact) mass is 1930 g/mol. The van der Waals surface area contributed by atoms with Gasteiger partial charge in [0.2, 0.25) is 0 Å². The van der Waals surface area contributed by atoms with E-state index in [0.717, 1.165) is 46.2 Å². The Morgan fingerprint density at radius 3 is 1.54 bits per heavy atom. The zero-order chi connectivity index (χ0) is 66.0. The van der Waals surface area contributed by atoms with E-state index in [-0.39, 0.29) is 78.3 Å². The maximum Gasteiger partial charge on any atom is 0.138 e. The SMILES string of the molecule is COc1ccnc(-c2[c-]cc(F)cc2F)c1.Cn1c[c-]c(-c2cscn2)n1.Cn1c[c-]c(-n2cncn2)n1.Cn1cnc(-c2[c-]cn(C)n2)c1.[Cl-].[Ir].[Ir].[Ir].c1ccc(-c2n[n-]c(-c3ccccn3)n2)cc1.c1ccc([PH+](CC[PH+](c2ccccc2)c2ccccc2)c2ccccc2)cc1. The zero-order valence-corrected chi connectivity index (χ0v) is 64.6. The standard InChI is InChI=1S/C26H24P2.C13H9N4.C12H8F2NO.C8H9N4.C7H6N3S.C6H6N5.ClH.3Ir/c1-5-13-23(14-6-1)27(24-15-7-2-8-16-24)21-22-28(25-17-9-3-10-18-25)26-19-11-4-12-20-26;1-2-6-10(7-3-1)12-15-13(17-16-12)11-8-4-5-9-14-11;1-16-9-4-5-15-12(7-9)10-3-2-8(13)6-11(10)14;1-11-5-8(9-6-11)7-3-4-12(2)10-7;1-10-3-2-6(9-10)7-4-11-5-8-7;1-10-3-2-6(9-10)11-5-7-4-8-11;;;;/h1-20H,21-22H2;1-9H;2,4-7H,1H3;4-6H,1-2H3;2*3-5H,1H3;1H;;;/q;5*-1;;;;/p+1. The van der Waals surface area contributed by atoms with Gasteiger partial charge in [-0.25, -0.2) is 32.0 Å². The largest absolute Gasteiger partial charge is 1.00 e. The van der Waals surface area contributed by atoms with Crippen LogP contribution in [0.5, 0.6) is 5.75 Å². The van der Waals surface area contributed by atoms with Crippen molar-refractivity contribution in [1.82, 2.24) is 83.8 Å². The molecule has 0 aliphatic carbocycles. The number of pyridine rings is 2. The molecule has 0 spiro atoms. The first kappa shape index (κ1) is 79.1. The summed E-state index contributed by atoms with van der Waals surface area (Å²) in [5, 5.41) is 32.4. The third kappa shape index (κ3) is 23.9. The van der Waals surface area contributed by atoms with Gasteiger partial charge in [0.15, 0.2) is 0 Å². The Morgan fingerprint density at radius 1 is 0.545 bits per heavy atom. The molecule has 3 radical (unpaired) electrons. The number of aromatic nitrogens is 17. The Labute approximate surface area is 626 Å². The van der Waals surface area contributed by atoms with Crippen molar-refractivity contribution in [2.45, 2.75) is 0 Å². The average molecular weight is 1930 g/mol. The molecular formula is C72H64ClF2Ir3N17OP2S-4. The zero-order valence-electron chi connectivity index (χ0n) is 53.8. The number of imidazole rings is 1. The van der Waals surface area contributed by atoms with Gasteiger partial charge in [0.1, 0.15) is 30.7 Å². The molecule has 0 unspecified atom stereocenters. The molecule has 18 nitrogen and oxygen atoms in total. The second-order valence-electron chi connectivity index (χ2n) is 20.6. The molecule has 0 fully saturated rings. The van der Waals surface area contributed by atoms with E-state index < -0.39 is 27.5 Å². The van der Waals surface area contributed by atoms with Crippen LogP contribution in [0.4, 0.5) is 8.78 Å². The molecule has 0 bridgehead atoms. The van der Waals surface area contributed by atoms with Crippen molar-refractivity contribution in [1.29, 1.82) is 0 Å². The van der Waals surface area contributed by atoms with Crippen LogP contribution in [0.3, 0.4) is 0 Å². The van der Waals surface area contributed by atoms with Crippen molar-refractivity contribution in [3.05, 3.63) is 297 Å². The minimum absolute atomic E-state index is 0. The fourth-order valence-electron chi connectivity index (χ4n) is 9.23. The van der Waals surface area contributed by atoms with Crippen molar-refractivity contribution < 1.29 is 86.2 Å². The predicted octanol–water partition coefficient (Wildman–Crippen LogP) is 8.48. The number of nitrogens with zero attached hydrogens (tertiary/aromatic N) is 17. The van der Waals surface area contributed by atoms with Crippen molar-refractivity contribution in [3.63, 3.8) is 0 Å². The van der Waals surface area contributed by atoms with Gasteiger partial charge in [0.25, 0.3) is 0 Å². The van der Waals surface area contributed by atoms with E-state index in [1.165, 1.54) is 53.2 Å². The quantitative estimate of drug-likeness (QED) is 0.0745. The van der Waals surface area contributed by atoms with Gasteiger partial charge in [-0.15, -0.1) is 12.1 Å². The van der Waals surface area contributed by atoms with Gasteiger partial charge in [-0.1, -0.05) is 162 Å². The molecule has 15 aromatic rings. The molecule has 0 N–H and O–H groups in total. The van der Waals surface area contributed by atoms with E-state index in [1.807, 2.05) is 92.9 Å². The van der Waals surface area contributed by atoms with E-state index in [1.54, 1.807) is 85.1 Å². The summed E-state index contributed by atoms with van der Waals surface area (Å²) in [7, 11) is 7.43. The van der Waals surface area contributed by atoms with E-state index in [0.29, 0.717) is 28.9 Å². The van der Waals surface area contributed by atoms with Gasteiger partial charge in [-0.2, -0.15) is 27.7 Å². The normalized spacial score (nSPS) is 10.1. The fraction of sp³-hybridized carbons (Fsp3) is 0.0972. The number of aryl methyl sites for hydroxylation is 4. The molecule has 9 aromatic heterocycles. The number of hydrogen-bond donors (Lipinski definition) is 0. The Bertz CT molecular complexity index is 4340. The Hall–Kier alpha value is -8.87. The first-order valence-corrected chi connectivity index (χ1v) is 34.0.